The molecule has 1 N–H and O–H groups in total. The Balaban J connectivity index is 0.00000261. The molecule has 0 aromatic carbocycles. The number of nitrogens with zero attached hydrogens (tertiary/aromatic N) is 4. The maximum atomic E-state index is 5.40. The number of guanidine groups is 1. The summed E-state index contributed by atoms with van der Waals surface area (Å²) in [6.45, 7) is 5.75. The first kappa shape index (κ1) is 21.5. The molecule has 0 saturated carbocycles. The normalized spacial score (nSPS) is 14.8. The summed E-state index contributed by atoms with van der Waals surface area (Å²) in [5.74, 6) is 2.96. The van der Waals surface area contributed by atoms with Crippen molar-refractivity contribution in [3.05, 3.63) is 48.6 Å². The Kier molecular flexibility index (Phi) is 9.40. The summed E-state index contributed by atoms with van der Waals surface area (Å²) < 4.78 is 10.5. The molecule has 27 heavy (non-hydrogen) atoms. The zero-order valence-corrected chi connectivity index (χ0v) is 18.0. The van der Waals surface area contributed by atoms with Gasteiger partial charge in [0.25, 0.3) is 0 Å². The van der Waals surface area contributed by atoms with E-state index in [-0.39, 0.29) is 24.0 Å². The smallest absolute Gasteiger partial charge is 0.194 e. The number of methoxy groups -OCH3 is 1. The van der Waals surface area contributed by atoms with E-state index in [1.807, 2.05) is 30.5 Å². The van der Waals surface area contributed by atoms with Crippen LogP contribution in [0.1, 0.15) is 5.76 Å². The fraction of sp³-hybridized carbons (Fsp3) is 0.474. The Morgan fingerprint density at radius 3 is 2.74 bits per heavy atom. The predicted molar refractivity (Wildman–Crippen MR) is 118 cm³/mol. The van der Waals surface area contributed by atoms with Gasteiger partial charge in [-0.1, -0.05) is 6.07 Å². The van der Waals surface area contributed by atoms with Crippen molar-refractivity contribution in [3.63, 3.8) is 0 Å². The molecule has 1 aliphatic rings. The lowest BCUT2D eigenvalue weighted by atomic mass is 10.3. The SMILES string of the molecule is COCCN=C(NCCc1ccco1)N1CCN(c2ccccn2)CC1.I. The highest BCUT2D eigenvalue weighted by Crippen LogP contribution is 2.12. The molecule has 2 aromatic rings. The fourth-order valence-corrected chi connectivity index (χ4v) is 2.95. The van der Waals surface area contributed by atoms with Crippen LogP contribution in [0.2, 0.25) is 0 Å². The van der Waals surface area contributed by atoms with Crippen molar-refractivity contribution in [1.29, 1.82) is 0 Å². The molecule has 3 heterocycles. The number of ether oxygens (including phenoxy) is 1. The van der Waals surface area contributed by atoms with Gasteiger partial charge in [-0.2, -0.15) is 0 Å². The van der Waals surface area contributed by atoms with Gasteiger partial charge in [-0.15, -0.1) is 24.0 Å². The van der Waals surface area contributed by atoms with Gasteiger partial charge < -0.3 is 24.3 Å². The second kappa shape index (κ2) is 11.8. The van der Waals surface area contributed by atoms with Crippen LogP contribution in [0.3, 0.4) is 0 Å². The number of furan rings is 1. The average Bonchev–Trinajstić information content (AvgIpc) is 3.21. The van der Waals surface area contributed by atoms with Crippen LogP contribution in [0.25, 0.3) is 0 Å². The molecule has 0 radical (unpaired) electrons. The number of anilines is 1. The Morgan fingerprint density at radius 2 is 2.07 bits per heavy atom. The highest BCUT2D eigenvalue weighted by Gasteiger charge is 2.20. The zero-order chi connectivity index (χ0) is 18.0. The predicted octanol–water partition coefficient (Wildman–Crippen LogP) is 2.25. The maximum absolute atomic E-state index is 5.40. The van der Waals surface area contributed by atoms with Gasteiger partial charge in [-0.25, -0.2) is 4.98 Å². The summed E-state index contributed by atoms with van der Waals surface area (Å²) in [5.41, 5.74) is 0. The molecule has 148 valence electrons. The lowest BCUT2D eigenvalue weighted by Gasteiger charge is -2.37. The molecule has 0 aliphatic carbocycles. The summed E-state index contributed by atoms with van der Waals surface area (Å²) >= 11 is 0. The van der Waals surface area contributed by atoms with Crippen LogP contribution in [0.4, 0.5) is 5.82 Å². The first-order valence-electron chi connectivity index (χ1n) is 9.07. The standard InChI is InChI=1S/C19H27N5O2.HI/c1-25-16-10-22-19(21-9-7-17-5-4-15-26-17)24-13-11-23(12-14-24)18-6-2-3-8-20-18;/h2-6,8,15H,7,9-14,16H2,1H3,(H,21,22);1H. The molecule has 2 aromatic heterocycles. The van der Waals surface area contributed by atoms with Crippen molar-refractivity contribution < 1.29 is 9.15 Å². The number of rotatable bonds is 7. The topological polar surface area (TPSA) is 66.1 Å². The third-order valence-electron chi connectivity index (χ3n) is 4.34. The largest absolute Gasteiger partial charge is 0.469 e. The van der Waals surface area contributed by atoms with Crippen LogP contribution in [0.5, 0.6) is 0 Å². The van der Waals surface area contributed by atoms with E-state index < -0.39 is 0 Å². The van der Waals surface area contributed by atoms with Crippen LogP contribution in [0, 0.1) is 0 Å². The highest BCUT2D eigenvalue weighted by molar-refractivity contribution is 14.0. The van der Waals surface area contributed by atoms with E-state index in [0.717, 1.165) is 56.7 Å². The number of nitrogens with one attached hydrogen (secondary N) is 1. The number of piperazine rings is 1. The van der Waals surface area contributed by atoms with Gasteiger partial charge in [0.2, 0.25) is 0 Å². The number of aliphatic imine (C=N–C) groups is 1. The summed E-state index contributed by atoms with van der Waals surface area (Å²) in [4.78, 5) is 13.8. The van der Waals surface area contributed by atoms with Gasteiger partial charge in [0.05, 0.1) is 19.4 Å². The maximum Gasteiger partial charge on any atom is 0.194 e. The van der Waals surface area contributed by atoms with Crippen LogP contribution < -0.4 is 10.2 Å². The van der Waals surface area contributed by atoms with E-state index in [9.17, 15) is 0 Å². The Labute approximate surface area is 177 Å². The van der Waals surface area contributed by atoms with Crippen molar-refractivity contribution >= 4 is 35.8 Å². The number of hydrogen-bond donors (Lipinski definition) is 1. The molecule has 0 spiro atoms. The van der Waals surface area contributed by atoms with Crippen LogP contribution in [-0.4, -0.2) is 68.8 Å². The third-order valence-corrected chi connectivity index (χ3v) is 4.34. The van der Waals surface area contributed by atoms with Crippen molar-refractivity contribution in [2.45, 2.75) is 6.42 Å². The van der Waals surface area contributed by atoms with Gasteiger partial charge >= 0.3 is 0 Å². The lowest BCUT2D eigenvalue weighted by molar-refractivity contribution is 0.207. The molecule has 0 unspecified atom stereocenters. The fourth-order valence-electron chi connectivity index (χ4n) is 2.95. The minimum absolute atomic E-state index is 0. The Bertz CT molecular complexity index is 658. The molecular formula is C19H28IN5O2. The molecule has 1 saturated heterocycles. The van der Waals surface area contributed by atoms with Crippen molar-refractivity contribution in [2.24, 2.45) is 4.99 Å². The van der Waals surface area contributed by atoms with Crippen molar-refractivity contribution in [2.75, 3.05) is 57.9 Å². The van der Waals surface area contributed by atoms with Crippen molar-refractivity contribution in [1.82, 2.24) is 15.2 Å². The molecule has 7 nitrogen and oxygen atoms in total. The number of pyridine rings is 1. The van der Waals surface area contributed by atoms with E-state index in [4.69, 9.17) is 14.1 Å². The first-order chi connectivity index (χ1) is 12.9. The summed E-state index contributed by atoms with van der Waals surface area (Å²) in [6, 6.07) is 9.95. The molecule has 8 heteroatoms. The first-order valence-corrected chi connectivity index (χ1v) is 9.07. The van der Waals surface area contributed by atoms with E-state index in [2.05, 4.69) is 26.2 Å². The van der Waals surface area contributed by atoms with E-state index >= 15 is 0 Å². The average molecular weight is 485 g/mol. The molecule has 3 rings (SSSR count). The minimum atomic E-state index is 0. The second-order valence-electron chi connectivity index (χ2n) is 6.12. The molecule has 0 atom stereocenters. The number of halogens is 1. The summed E-state index contributed by atoms with van der Waals surface area (Å²) in [6.07, 6.45) is 4.39. The molecule has 1 fully saturated rings. The second-order valence-corrected chi connectivity index (χ2v) is 6.12. The van der Waals surface area contributed by atoms with E-state index in [1.54, 1.807) is 13.4 Å². The summed E-state index contributed by atoms with van der Waals surface area (Å²) in [5, 5.41) is 3.47. The van der Waals surface area contributed by atoms with E-state index in [1.165, 1.54) is 0 Å². The van der Waals surface area contributed by atoms with Gasteiger partial charge in [-0.3, -0.25) is 4.99 Å². The Morgan fingerprint density at radius 1 is 1.22 bits per heavy atom. The highest BCUT2D eigenvalue weighted by atomic mass is 127. The summed E-state index contributed by atoms with van der Waals surface area (Å²) in [7, 11) is 1.70. The number of aromatic nitrogens is 1. The van der Waals surface area contributed by atoms with Gasteiger partial charge in [-0.05, 0) is 24.3 Å². The monoisotopic (exact) mass is 485 g/mol. The van der Waals surface area contributed by atoms with Gasteiger partial charge in [0.1, 0.15) is 11.6 Å². The third kappa shape index (κ3) is 6.69. The minimum Gasteiger partial charge on any atom is -0.469 e. The Hall–Kier alpha value is -1.81. The zero-order valence-electron chi connectivity index (χ0n) is 15.7. The molecule has 1 aliphatic heterocycles. The number of hydrogen-bond acceptors (Lipinski definition) is 5. The van der Waals surface area contributed by atoms with Crippen molar-refractivity contribution in [3.8, 4) is 0 Å². The van der Waals surface area contributed by atoms with Gasteiger partial charge in [0.15, 0.2) is 5.96 Å². The molecular weight excluding hydrogens is 457 g/mol. The van der Waals surface area contributed by atoms with Crippen LogP contribution in [-0.2, 0) is 11.2 Å². The quantitative estimate of drug-likeness (QED) is 0.281. The van der Waals surface area contributed by atoms with Crippen LogP contribution >= 0.6 is 24.0 Å². The van der Waals surface area contributed by atoms with Gasteiger partial charge in [0, 0.05) is 52.5 Å². The van der Waals surface area contributed by atoms with Crippen LogP contribution in [0.15, 0.2) is 52.2 Å². The van der Waals surface area contributed by atoms with E-state index in [0.29, 0.717) is 13.2 Å². The molecule has 0 amide bonds. The lowest BCUT2D eigenvalue weighted by Crippen LogP contribution is -2.53. The molecule has 0 bridgehead atoms.